The van der Waals surface area contributed by atoms with E-state index in [0.29, 0.717) is 22.7 Å². The molecular formula is C26H22F3N5O2. The molecule has 1 aliphatic rings. The molecule has 0 radical (unpaired) electrons. The molecule has 0 saturated heterocycles. The van der Waals surface area contributed by atoms with E-state index in [2.05, 4.69) is 15.7 Å². The number of aliphatic hydroxyl groups excluding tert-OH is 1. The number of hydrogen-bond acceptors (Lipinski definition) is 5. The quantitative estimate of drug-likeness (QED) is 0.373. The number of halogens is 3. The van der Waals surface area contributed by atoms with Crippen molar-refractivity contribution in [2.24, 2.45) is 0 Å². The molecule has 5 rings (SSSR count). The Balaban J connectivity index is 1.57. The molecule has 4 aromatic rings. The normalized spacial score (nSPS) is 15.6. The Morgan fingerprint density at radius 3 is 2.58 bits per heavy atom. The van der Waals surface area contributed by atoms with Gasteiger partial charge in [0.25, 0.3) is 5.91 Å². The number of nitrogens with one attached hydrogen (secondary N) is 2. The molecule has 3 heterocycles. The minimum absolute atomic E-state index is 0.0558. The van der Waals surface area contributed by atoms with Gasteiger partial charge in [-0.3, -0.25) is 9.20 Å². The number of anilines is 1. The first kappa shape index (κ1) is 23.6. The SMILES string of the molecule is CN1C=CC(c2cc(C(=O)Nc3c(-c4ccccc4)nc4ccc(CO)cn34)ccc2C(F)(F)F)N1. The van der Waals surface area contributed by atoms with Crippen molar-refractivity contribution in [2.45, 2.75) is 18.8 Å². The fraction of sp³-hybridized carbons (Fsp3) is 0.154. The number of alkyl halides is 3. The molecule has 0 bridgehead atoms. The van der Waals surface area contributed by atoms with Crippen LogP contribution in [0.1, 0.15) is 33.1 Å². The average Bonchev–Trinajstić information content (AvgIpc) is 3.47. The van der Waals surface area contributed by atoms with E-state index in [-0.39, 0.29) is 17.7 Å². The van der Waals surface area contributed by atoms with Gasteiger partial charge >= 0.3 is 6.18 Å². The molecule has 1 aliphatic heterocycles. The molecule has 36 heavy (non-hydrogen) atoms. The van der Waals surface area contributed by atoms with Crippen LogP contribution in [-0.4, -0.2) is 32.5 Å². The lowest BCUT2D eigenvalue weighted by molar-refractivity contribution is -0.138. The van der Waals surface area contributed by atoms with Crippen LogP contribution >= 0.6 is 0 Å². The van der Waals surface area contributed by atoms with Gasteiger partial charge in [-0.15, -0.1) is 0 Å². The van der Waals surface area contributed by atoms with Crippen LogP contribution in [-0.2, 0) is 12.8 Å². The van der Waals surface area contributed by atoms with E-state index in [1.807, 2.05) is 30.3 Å². The predicted octanol–water partition coefficient (Wildman–Crippen LogP) is 4.77. The van der Waals surface area contributed by atoms with E-state index in [9.17, 15) is 23.1 Å². The average molecular weight is 493 g/mol. The van der Waals surface area contributed by atoms with Crippen LogP contribution in [0, 0.1) is 0 Å². The van der Waals surface area contributed by atoms with Crippen molar-refractivity contribution in [2.75, 3.05) is 12.4 Å². The Morgan fingerprint density at radius 2 is 1.92 bits per heavy atom. The number of carbonyl (C=O) groups is 1. The number of hydrogen-bond donors (Lipinski definition) is 3. The molecule has 184 valence electrons. The zero-order valence-electron chi connectivity index (χ0n) is 19.1. The van der Waals surface area contributed by atoms with E-state index < -0.39 is 23.7 Å². The van der Waals surface area contributed by atoms with Crippen molar-refractivity contribution in [3.63, 3.8) is 0 Å². The summed E-state index contributed by atoms with van der Waals surface area (Å²) in [5.74, 6) is -0.245. The molecule has 3 N–H and O–H groups in total. The number of nitrogens with zero attached hydrogens (tertiary/aromatic N) is 3. The van der Waals surface area contributed by atoms with Gasteiger partial charge in [-0.25, -0.2) is 10.4 Å². The standard InChI is InChI=1S/C26H22F3N5O2/c1-33-12-11-21(32-33)19-13-18(8-9-20(19)26(27,28)29)25(36)31-24-23(17-5-3-2-4-6-17)30-22-10-7-16(15-35)14-34(22)24/h2-14,21,32,35H,15H2,1H3,(H,31,36). The molecule has 2 aromatic carbocycles. The van der Waals surface area contributed by atoms with Gasteiger partial charge in [0, 0.05) is 30.6 Å². The largest absolute Gasteiger partial charge is 0.416 e. The van der Waals surface area contributed by atoms with Crippen molar-refractivity contribution in [1.82, 2.24) is 19.8 Å². The summed E-state index contributed by atoms with van der Waals surface area (Å²) in [4.78, 5) is 18.0. The molecule has 2 aromatic heterocycles. The van der Waals surface area contributed by atoms with Crippen LogP contribution < -0.4 is 10.7 Å². The highest BCUT2D eigenvalue weighted by atomic mass is 19.4. The molecule has 0 aliphatic carbocycles. The lowest BCUT2D eigenvalue weighted by atomic mass is 9.97. The van der Waals surface area contributed by atoms with Crippen LogP contribution in [0.4, 0.5) is 19.0 Å². The number of fused-ring (bicyclic) bond motifs is 1. The van der Waals surface area contributed by atoms with Crippen LogP contribution in [0.25, 0.3) is 16.9 Å². The monoisotopic (exact) mass is 493 g/mol. The Bertz CT molecular complexity index is 1460. The maximum absolute atomic E-state index is 13.7. The lowest BCUT2D eigenvalue weighted by Crippen LogP contribution is -2.28. The van der Waals surface area contributed by atoms with Gasteiger partial charge in [0.05, 0.1) is 18.2 Å². The van der Waals surface area contributed by atoms with E-state index in [4.69, 9.17) is 0 Å². The van der Waals surface area contributed by atoms with Crippen molar-refractivity contribution in [1.29, 1.82) is 0 Å². The predicted molar refractivity (Wildman–Crippen MR) is 129 cm³/mol. The Morgan fingerprint density at radius 1 is 1.14 bits per heavy atom. The Hall–Kier alpha value is -4.15. The fourth-order valence-electron chi connectivity index (χ4n) is 4.19. The molecule has 1 amide bonds. The lowest BCUT2D eigenvalue weighted by Gasteiger charge is -2.20. The van der Waals surface area contributed by atoms with E-state index in [1.165, 1.54) is 6.07 Å². The summed E-state index contributed by atoms with van der Waals surface area (Å²) in [6.07, 6.45) is 0.303. The van der Waals surface area contributed by atoms with Gasteiger partial charge in [0.2, 0.25) is 0 Å². The van der Waals surface area contributed by atoms with Crippen molar-refractivity contribution in [3.8, 4) is 11.3 Å². The Kier molecular flexibility index (Phi) is 5.99. The van der Waals surface area contributed by atoms with Gasteiger partial charge < -0.3 is 15.4 Å². The Labute approximate surface area is 204 Å². The van der Waals surface area contributed by atoms with Crippen molar-refractivity contribution in [3.05, 3.63) is 101 Å². The van der Waals surface area contributed by atoms with Gasteiger partial charge in [0.15, 0.2) is 0 Å². The number of aliphatic hydroxyl groups is 1. The maximum Gasteiger partial charge on any atom is 0.416 e. The van der Waals surface area contributed by atoms with Crippen LogP contribution in [0.2, 0.25) is 0 Å². The molecule has 7 nitrogen and oxygen atoms in total. The van der Waals surface area contributed by atoms with Gasteiger partial charge in [-0.2, -0.15) is 13.2 Å². The molecule has 0 fully saturated rings. The number of hydrazine groups is 1. The van der Waals surface area contributed by atoms with E-state index >= 15 is 0 Å². The summed E-state index contributed by atoms with van der Waals surface area (Å²) < 4.78 is 42.8. The zero-order valence-corrected chi connectivity index (χ0v) is 19.1. The third-order valence-corrected chi connectivity index (χ3v) is 5.94. The fourth-order valence-corrected chi connectivity index (χ4v) is 4.19. The van der Waals surface area contributed by atoms with Gasteiger partial charge in [-0.05, 0) is 41.5 Å². The summed E-state index contributed by atoms with van der Waals surface area (Å²) >= 11 is 0. The summed E-state index contributed by atoms with van der Waals surface area (Å²) in [5.41, 5.74) is 4.50. The summed E-state index contributed by atoms with van der Waals surface area (Å²) in [5, 5.41) is 14.0. The highest BCUT2D eigenvalue weighted by Crippen LogP contribution is 2.37. The number of carbonyl (C=O) groups excluding carboxylic acids is 1. The summed E-state index contributed by atoms with van der Waals surface area (Å²) in [6.45, 7) is -0.208. The van der Waals surface area contributed by atoms with Crippen LogP contribution in [0.5, 0.6) is 0 Å². The van der Waals surface area contributed by atoms with E-state index in [1.54, 1.807) is 47.1 Å². The topological polar surface area (TPSA) is 81.9 Å². The number of rotatable bonds is 5. The maximum atomic E-state index is 13.7. The van der Waals surface area contributed by atoms with Gasteiger partial charge in [-0.1, -0.05) is 36.4 Å². The first-order valence-electron chi connectivity index (χ1n) is 11.1. The number of amides is 1. The summed E-state index contributed by atoms with van der Waals surface area (Å²) in [7, 11) is 1.68. The second kappa shape index (κ2) is 9.14. The number of benzene rings is 2. The molecule has 1 unspecified atom stereocenters. The molecule has 10 heteroatoms. The van der Waals surface area contributed by atoms with Crippen molar-refractivity contribution >= 4 is 17.4 Å². The third kappa shape index (κ3) is 4.43. The smallest absolute Gasteiger partial charge is 0.392 e. The molecule has 0 saturated carbocycles. The van der Waals surface area contributed by atoms with Gasteiger partial charge in [0.1, 0.15) is 17.2 Å². The molecule has 1 atom stereocenters. The highest BCUT2D eigenvalue weighted by Gasteiger charge is 2.36. The number of imidazole rings is 1. The van der Waals surface area contributed by atoms with Crippen LogP contribution in [0.15, 0.2) is 79.1 Å². The molecular weight excluding hydrogens is 471 g/mol. The first-order valence-corrected chi connectivity index (χ1v) is 11.1. The second-order valence-corrected chi connectivity index (χ2v) is 8.41. The van der Waals surface area contributed by atoms with Crippen LogP contribution in [0.3, 0.4) is 0 Å². The number of pyridine rings is 1. The van der Waals surface area contributed by atoms with Crippen molar-refractivity contribution < 1.29 is 23.1 Å². The minimum Gasteiger partial charge on any atom is -0.392 e. The third-order valence-electron chi connectivity index (χ3n) is 5.94. The highest BCUT2D eigenvalue weighted by molar-refractivity contribution is 6.06. The minimum atomic E-state index is -4.58. The summed E-state index contributed by atoms with van der Waals surface area (Å²) in [6, 6.07) is 15.3. The first-order chi connectivity index (χ1) is 17.2. The second-order valence-electron chi connectivity index (χ2n) is 8.41. The number of aromatic nitrogens is 2. The molecule has 0 spiro atoms. The zero-order chi connectivity index (χ0) is 25.4. The van der Waals surface area contributed by atoms with E-state index in [0.717, 1.165) is 17.7 Å².